The van der Waals surface area contributed by atoms with Gasteiger partial charge in [-0.05, 0) is 113 Å². The summed E-state index contributed by atoms with van der Waals surface area (Å²) in [5, 5.41) is 13.3. The number of aryl methyl sites for hydroxylation is 3. The van der Waals surface area contributed by atoms with E-state index in [1.807, 2.05) is 59.7 Å². The first-order valence-electron chi connectivity index (χ1n) is 19.6. The van der Waals surface area contributed by atoms with Crippen molar-refractivity contribution in [1.29, 1.82) is 0 Å². The molecule has 0 aromatic heterocycles. The summed E-state index contributed by atoms with van der Waals surface area (Å²) < 4.78 is 27.3. The Morgan fingerprint density at radius 3 is 2.04 bits per heavy atom. The smallest absolute Gasteiger partial charge is 0.266 e. The Hall–Kier alpha value is -3.38. The second-order valence-corrected chi connectivity index (χ2v) is 15.6. The molecule has 9 heteroatoms. The van der Waals surface area contributed by atoms with Crippen LogP contribution in [0.4, 0.5) is 8.78 Å². The minimum absolute atomic E-state index is 0. The number of benzene rings is 2. The van der Waals surface area contributed by atoms with Crippen molar-refractivity contribution >= 4 is 17.5 Å². The number of halogens is 2. The molecule has 304 valence electrons. The van der Waals surface area contributed by atoms with E-state index in [1.54, 1.807) is 0 Å². The van der Waals surface area contributed by atoms with Gasteiger partial charge in [-0.3, -0.25) is 14.4 Å². The summed E-state index contributed by atoms with van der Waals surface area (Å²) in [5.41, 5.74) is 6.41. The number of likely N-dealkylation sites (tertiary alicyclic amines) is 1. The number of rotatable bonds is 16. The van der Waals surface area contributed by atoms with E-state index in [9.17, 15) is 28.3 Å². The molecule has 0 saturated carbocycles. The fraction of sp³-hybridized carbons (Fsp3) is 0.543. The fourth-order valence-electron chi connectivity index (χ4n) is 6.98. The summed E-state index contributed by atoms with van der Waals surface area (Å²) in [6.07, 6.45) is 9.43. The molecule has 3 rings (SSSR count). The molecular formula is C46H65CrF2N2O4-. The molecule has 1 aliphatic rings. The van der Waals surface area contributed by atoms with Crippen molar-refractivity contribution in [3.05, 3.63) is 93.8 Å². The largest absolute Gasteiger partial charge is 0.513 e. The number of alkyl halides is 2. The topological polar surface area (TPSA) is 86.7 Å². The number of nitrogens with zero attached hydrogens (tertiary/aromatic N) is 1. The molecule has 0 aliphatic carbocycles. The van der Waals surface area contributed by atoms with Gasteiger partial charge in [0.05, 0.1) is 17.4 Å². The third-order valence-corrected chi connectivity index (χ3v) is 10.2. The van der Waals surface area contributed by atoms with Crippen LogP contribution in [0.3, 0.4) is 0 Å². The number of amides is 1. The number of hydrogen-bond acceptors (Lipinski definition) is 5. The van der Waals surface area contributed by atoms with Crippen molar-refractivity contribution in [2.45, 2.75) is 133 Å². The third-order valence-electron chi connectivity index (χ3n) is 10.2. The van der Waals surface area contributed by atoms with Gasteiger partial charge in [0.1, 0.15) is 0 Å². The predicted molar refractivity (Wildman–Crippen MR) is 218 cm³/mol. The minimum Gasteiger partial charge on any atom is -0.513 e. The Bertz CT molecular complexity index is 1650. The summed E-state index contributed by atoms with van der Waals surface area (Å²) in [7, 11) is 0. The standard InChI is InChI=1S/C37H46F2NO4.C9H19N.Cr/c1-21(2)16-30(20-34(43)31(28(9)42)15-14-25(6)37(10,38)39)36(44)40-33(18-26(7)41)32-19-29(17-24(5)27(32)8)35-22(3)12-11-13-23(35)4;1-2-7-10-8-5-3-4-6-9-10;/h12-15,17,19,21,30,33,41H,7,16,18,20H2,1-6,8-10H3,(H,40,44);2-9H2,1H3;/q-1;;/b25-14+,31-15+;;/t30-,33?;;/m1../s1. The zero-order chi connectivity index (χ0) is 40.7. The van der Waals surface area contributed by atoms with Crippen molar-refractivity contribution in [1.82, 2.24) is 10.2 Å². The van der Waals surface area contributed by atoms with Gasteiger partial charge in [-0.1, -0.05) is 72.2 Å². The van der Waals surface area contributed by atoms with Crippen LogP contribution in [0.15, 0.2) is 59.9 Å². The quantitative estimate of drug-likeness (QED) is 0.0441. The number of allylic oxidation sites excluding steroid dienone is 4. The van der Waals surface area contributed by atoms with E-state index in [0.717, 1.165) is 58.0 Å². The Morgan fingerprint density at radius 1 is 0.964 bits per heavy atom. The van der Waals surface area contributed by atoms with Gasteiger partial charge >= 0.3 is 0 Å². The van der Waals surface area contributed by atoms with E-state index in [1.165, 1.54) is 65.6 Å². The van der Waals surface area contributed by atoms with Crippen LogP contribution >= 0.6 is 0 Å². The molecule has 1 aliphatic heterocycles. The normalized spacial score (nSPS) is 15.2. The molecule has 0 bridgehead atoms. The molecule has 0 radical (unpaired) electrons. The van der Waals surface area contributed by atoms with Crippen LogP contribution in [0.5, 0.6) is 0 Å². The van der Waals surface area contributed by atoms with Gasteiger partial charge in [0, 0.05) is 43.0 Å². The van der Waals surface area contributed by atoms with Gasteiger partial charge in [0.15, 0.2) is 11.6 Å². The SMILES string of the molecule is C=C(O)CC(NC(=O)[C@@H](CC(=O)/C(=C/C=C(\C)C(C)(F)F)C(C)=O)CC(C)C)c1cc(-c2c(C)c[c-]cc2C)cc(C)c1C.CCCN1CCCCCC1.[Cr]. The van der Waals surface area contributed by atoms with Gasteiger partial charge in [-0.25, -0.2) is 8.78 Å². The first-order chi connectivity index (χ1) is 25.3. The second-order valence-electron chi connectivity index (χ2n) is 15.6. The number of nitrogens with one attached hydrogen (secondary N) is 1. The van der Waals surface area contributed by atoms with E-state index in [2.05, 4.69) is 35.9 Å². The first kappa shape index (κ1) is 49.6. The van der Waals surface area contributed by atoms with Crippen LogP contribution in [-0.2, 0) is 31.7 Å². The summed E-state index contributed by atoms with van der Waals surface area (Å²) in [5.74, 6) is -5.52. The van der Waals surface area contributed by atoms with E-state index in [-0.39, 0.29) is 53.0 Å². The average molecular weight is 800 g/mol. The first-order valence-corrected chi connectivity index (χ1v) is 19.6. The zero-order valence-electron chi connectivity index (χ0n) is 35.0. The molecule has 55 heavy (non-hydrogen) atoms. The molecular weight excluding hydrogens is 735 g/mol. The number of ketones is 2. The van der Waals surface area contributed by atoms with E-state index in [0.29, 0.717) is 6.42 Å². The average Bonchev–Trinajstić information content (AvgIpc) is 3.34. The van der Waals surface area contributed by atoms with Crippen LogP contribution in [-0.4, -0.2) is 53.0 Å². The third kappa shape index (κ3) is 16.3. The Balaban J connectivity index is 0.00000119. The van der Waals surface area contributed by atoms with Crippen LogP contribution in [0.1, 0.15) is 127 Å². The number of aliphatic hydroxyl groups excluding tert-OH is 1. The molecule has 1 amide bonds. The number of carbonyl (C=O) groups excluding carboxylic acids is 3. The van der Waals surface area contributed by atoms with Crippen molar-refractivity contribution in [3.63, 3.8) is 0 Å². The van der Waals surface area contributed by atoms with Crippen LogP contribution in [0.2, 0.25) is 0 Å². The van der Waals surface area contributed by atoms with E-state index in [4.69, 9.17) is 0 Å². The molecule has 1 saturated heterocycles. The Kier molecular flexibility index (Phi) is 21.3. The molecule has 1 heterocycles. The van der Waals surface area contributed by atoms with Gasteiger partial charge in [0.2, 0.25) is 5.91 Å². The van der Waals surface area contributed by atoms with Crippen molar-refractivity contribution in [2.24, 2.45) is 11.8 Å². The maximum Gasteiger partial charge on any atom is 0.266 e. The second kappa shape index (κ2) is 23.6. The molecule has 2 aromatic rings. The van der Waals surface area contributed by atoms with Crippen LogP contribution in [0, 0.1) is 45.6 Å². The van der Waals surface area contributed by atoms with Crippen molar-refractivity contribution < 1.29 is 45.6 Å². The number of aliphatic hydroxyl groups is 1. The summed E-state index contributed by atoms with van der Waals surface area (Å²) >= 11 is 0. The number of carbonyl (C=O) groups is 3. The molecule has 2 N–H and O–H groups in total. The minimum atomic E-state index is -3.10. The summed E-state index contributed by atoms with van der Waals surface area (Å²) in [6.45, 7) is 25.0. The van der Waals surface area contributed by atoms with E-state index >= 15 is 0 Å². The maximum atomic E-state index is 13.8. The van der Waals surface area contributed by atoms with Crippen molar-refractivity contribution in [3.8, 4) is 11.1 Å². The van der Waals surface area contributed by atoms with Crippen molar-refractivity contribution in [2.75, 3.05) is 19.6 Å². The van der Waals surface area contributed by atoms with Crippen LogP contribution < -0.4 is 5.32 Å². The molecule has 1 fully saturated rings. The van der Waals surface area contributed by atoms with Gasteiger partial charge in [0.25, 0.3) is 5.92 Å². The summed E-state index contributed by atoms with van der Waals surface area (Å²) in [4.78, 5) is 42.1. The Labute approximate surface area is 341 Å². The van der Waals surface area contributed by atoms with Gasteiger partial charge < -0.3 is 15.3 Å². The predicted octanol–water partition coefficient (Wildman–Crippen LogP) is 11.0. The maximum absolute atomic E-state index is 13.8. The molecule has 2 aromatic carbocycles. The van der Waals surface area contributed by atoms with E-state index < -0.39 is 35.4 Å². The number of hydrogen-bond donors (Lipinski definition) is 2. The van der Waals surface area contributed by atoms with Gasteiger partial charge in [-0.15, -0.1) is 5.56 Å². The molecule has 6 nitrogen and oxygen atoms in total. The van der Waals surface area contributed by atoms with Gasteiger partial charge in [-0.2, -0.15) is 29.3 Å². The monoisotopic (exact) mass is 799 g/mol. The zero-order valence-corrected chi connectivity index (χ0v) is 36.2. The summed E-state index contributed by atoms with van der Waals surface area (Å²) in [6, 6.07) is 10.5. The van der Waals surface area contributed by atoms with Crippen LogP contribution in [0.25, 0.3) is 11.1 Å². The molecule has 0 spiro atoms. The Morgan fingerprint density at radius 2 is 1.55 bits per heavy atom. The fourth-order valence-corrected chi connectivity index (χ4v) is 6.98. The molecule has 2 atom stereocenters. The molecule has 1 unspecified atom stereocenters. The number of Topliss-reactive ketones (excluding diaryl/α,β-unsaturated/α-hetero) is 2.